The molecule has 12 heteroatoms. The van der Waals surface area contributed by atoms with E-state index in [2.05, 4.69) is 16.0 Å². The van der Waals surface area contributed by atoms with E-state index in [1.54, 1.807) is 0 Å². The molecular formula is C32H45N5O7. The molecule has 44 heavy (non-hydrogen) atoms. The van der Waals surface area contributed by atoms with E-state index >= 15 is 0 Å². The molecule has 5 N–H and O–H groups in total. The first-order valence-corrected chi connectivity index (χ1v) is 15.3. The molecule has 5 amide bonds. The monoisotopic (exact) mass is 611 g/mol. The number of ketones is 1. The van der Waals surface area contributed by atoms with Crippen molar-refractivity contribution in [1.29, 1.82) is 0 Å². The van der Waals surface area contributed by atoms with Gasteiger partial charge in [-0.05, 0) is 41.1 Å². The number of carbonyl (C=O) groups is 6. The molecule has 1 aromatic carbocycles. The van der Waals surface area contributed by atoms with Crippen molar-refractivity contribution in [1.82, 2.24) is 20.9 Å². The third-order valence-corrected chi connectivity index (χ3v) is 9.51. The number of Topliss-reactive ketones (excluding diaryl/α,β-unsaturated/α-hetero) is 1. The minimum atomic E-state index is -1.22. The van der Waals surface area contributed by atoms with E-state index in [-0.39, 0.29) is 23.9 Å². The van der Waals surface area contributed by atoms with Crippen LogP contribution in [-0.2, 0) is 35.3 Å². The Morgan fingerprint density at radius 2 is 1.66 bits per heavy atom. The molecule has 0 radical (unpaired) electrons. The summed E-state index contributed by atoms with van der Waals surface area (Å²) < 4.78 is 5.65. The molecule has 1 aromatic rings. The minimum Gasteiger partial charge on any atom is -0.459 e. The number of benzene rings is 1. The van der Waals surface area contributed by atoms with Gasteiger partial charge in [-0.15, -0.1) is 0 Å². The number of amides is 5. The summed E-state index contributed by atoms with van der Waals surface area (Å²) in [4.78, 5) is 78.7. The Kier molecular flexibility index (Phi) is 9.41. The van der Waals surface area contributed by atoms with Crippen molar-refractivity contribution in [3.63, 3.8) is 0 Å². The van der Waals surface area contributed by atoms with Gasteiger partial charge in [-0.25, -0.2) is 9.59 Å². The maximum atomic E-state index is 14.1. The number of ether oxygens (including phenoxy) is 1. The van der Waals surface area contributed by atoms with Crippen LogP contribution >= 0.6 is 0 Å². The van der Waals surface area contributed by atoms with Crippen molar-refractivity contribution in [2.75, 3.05) is 13.1 Å². The van der Waals surface area contributed by atoms with Crippen LogP contribution in [0.1, 0.15) is 72.3 Å². The Morgan fingerprint density at radius 3 is 2.25 bits per heavy atom. The maximum Gasteiger partial charge on any atom is 0.332 e. The van der Waals surface area contributed by atoms with Crippen molar-refractivity contribution in [3.05, 3.63) is 35.9 Å². The second-order valence-corrected chi connectivity index (χ2v) is 14.0. The quantitative estimate of drug-likeness (QED) is 0.230. The molecule has 4 atom stereocenters. The molecule has 4 rings (SSSR count). The van der Waals surface area contributed by atoms with Crippen molar-refractivity contribution < 1.29 is 33.5 Å². The second kappa shape index (κ2) is 12.6. The zero-order valence-corrected chi connectivity index (χ0v) is 26.2. The predicted octanol–water partition coefficient (Wildman–Crippen LogP) is 1.80. The average molecular weight is 612 g/mol. The van der Waals surface area contributed by atoms with E-state index in [0.717, 1.165) is 24.8 Å². The van der Waals surface area contributed by atoms with Crippen LogP contribution in [0.2, 0.25) is 0 Å². The summed E-state index contributed by atoms with van der Waals surface area (Å²) in [6, 6.07) is 6.71. The van der Waals surface area contributed by atoms with Crippen LogP contribution in [0.5, 0.6) is 0 Å². The number of nitrogens with one attached hydrogen (secondary N) is 3. The number of piperidine rings is 1. The van der Waals surface area contributed by atoms with Gasteiger partial charge in [-0.3, -0.25) is 19.2 Å². The number of hydrogen-bond donors (Lipinski definition) is 4. The van der Waals surface area contributed by atoms with Gasteiger partial charge >= 0.3 is 12.0 Å². The average Bonchev–Trinajstić information content (AvgIpc) is 3.28. The van der Waals surface area contributed by atoms with Crippen molar-refractivity contribution in [2.45, 2.75) is 91.0 Å². The maximum absolute atomic E-state index is 14.1. The van der Waals surface area contributed by atoms with E-state index in [9.17, 15) is 28.8 Å². The van der Waals surface area contributed by atoms with Gasteiger partial charge in [0.05, 0.1) is 6.54 Å². The molecule has 0 bridgehead atoms. The third-order valence-electron chi connectivity index (χ3n) is 9.51. The Morgan fingerprint density at radius 1 is 1.02 bits per heavy atom. The first kappa shape index (κ1) is 32.9. The second-order valence-electron chi connectivity index (χ2n) is 14.0. The van der Waals surface area contributed by atoms with Crippen molar-refractivity contribution >= 4 is 35.5 Å². The lowest BCUT2D eigenvalue weighted by molar-refractivity contribution is -0.154. The summed E-state index contributed by atoms with van der Waals surface area (Å²) >= 11 is 0. The highest BCUT2D eigenvalue weighted by Crippen LogP contribution is 2.65. The number of fused-ring (bicyclic) bond motifs is 1. The van der Waals surface area contributed by atoms with Crippen molar-refractivity contribution in [2.24, 2.45) is 28.4 Å². The number of hydrogen-bond acceptors (Lipinski definition) is 7. The number of primary amides is 1. The zero-order chi connectivity index (χ0) is 32.4. The van der Waals surface area contributed by atoms with Gasteiger partial charge in [0, 0.05) is 6.54 Å². The molecule has 0 aromatic heterocycles. The summed E-state index contributed by atoms with van der Waals surface area (Å²) in [7, 11) is 0. The molecule has 0 unspecified atom stereocenters. The first-order chi connectivity index (χ1) is 20.6. The van der Waals surface area contributed by atoms with Gasteiger partial charge in [0.2, 0.25) is 17.6 Å². The van der Waals surface area contributed by atoms with Crippen LogP contribution in [0.3, 0.4) is 0 Å². The molecule has 1 saturated heterocycles. The number of urea groups is 1. The molecule has 1 aliphatic heterocycles. The van der Waals surface area contributed by atoms with Crippen LogP contribution in [0.4, 0.5) is 4.79 Å². The summed E-state index contributed by atoms with van der Waals surface area (Å²) in [5.74, 6) is -3.68. The Bertz CT molecular complexity index is 1300. The fraction of sp³-hybridized carbons (Fsp3) is 0.625. The topological polar surface area (TPSA) is 177 Å². The number of nitrogens with zero attached hydrogens (tertiary/aromatic N) is 1. The van der Waals surface area contributed by atoms with Crippen LogP contribution in [0.15, 0.2) is 30.3 Å². The minimum absolute atomic E-state index is 0.0633. The SMILES string of the molecule is CC(C)(C)[C@H](NC(=O)NC1(C(=O)OCc2ccccc2)CCCCC1)C(=O)N1C[C@H]2[C@@H]([C@H]1C(=O)NCC(=O)C(N)=O)C2(C)C. The highest BCUT2D eigenvalue weighted by molar-refractivity contribution is 6.36. The number of nitrogens with two attached hydrogens (primary N) is 1. The predicted molar refractivity (Wildman–Crippen MR) is 160 cm³/mol. The van der Waals surface area contributed by atoms with Gasteiger partial charge in [0.25, 0.3) is 5.91 Å². The summed E-state index contributed by atoms with van der Waals surface area (Å²) in [6.45, 7) is 9.29. The molecule has 0 spiro atoms. The molecule has 1 heterocycles. The summed E-state index contributed by atoms with van der Waals surface area (Å²) in [5.41, 5.74) is 3.68. The van der Waals surface area contributed by atoms with Gasteiger partial charge in [-0.2, -0.15) is 0 Å². The fourth-order valence-corrected chi connectivity index (χ4v) is 6.77. The molecule has 240 valence electrons. The lowest BCUT2D eigenvalue weighted by atomic mass is 9.81. The van der Waals surface area contributed by atoms with Gasteiger partial charge in [0.15, 0.2) is 0 Å². The largest absolute Gasteiger partial charge is 0.459 e. The third kappa shape index (κ3) is 6.89. The number of rotatable bonds is 10. The molecular weight excluding hydrogens is 566 g/mol. The van der Waals surface area contributed by atoms with E-state index in [1.165, 1.54) is 4.90 Å². The highest BCUT2D eigenvalue weighted by atomic mass is 16.5. The van der Waals surface area contributed by atoms with E-state index in [0.29, 0.717) is 19.4 Å². The van der Waals surface area contributed by atoms with Gasteiger partial charge in [-0.1, -0.05) is 84.2 Å². The van der Waals surface area contributed by atoms with E-state index in [1.807, 2.05) is 65.0 Å². The highest BCUT2D eigenvalue weighted by Gasteiger charge is 2.69. The Labute approximate surface area is 258 Å². The Hall–Kier alpha value is -3.96. The van der Waals surface area contributed by atoms with Gasteiger partial charge in [0.1, 0.15) is 24.2 Å². The fourth-order valence-electron chi connectivity index (χ4n) is 6.77. The smallest absolute Gasteiger partial charge is 0.332 e. The standard InChI is InChI=1S/C32H45N5O7/c1-30(2,3)24(27(41)37-17-20-22(31(20,4)5)23(37)26(40)34-16-21(38)25(33)39)35-29(43)36-32(14-10-7-11-15-32)28(42)44-18-19-12-8-6-9-13-19/h6,8-9,12-13,20,22-24H,7,10-11,14-18H2,1-5H3,(H2,33,39)(H,34,40)(H2,35,36,43)/t20-,22-,23-,24+/m0/s1. The number of esters is 1. The molecule has 3 fully saturated rings. The molecule has 12 nitrogen and oxygen atoms in total. The van der Waals surface area contributed by atoms with Crippen LogP contribution in [-0.4, -0.2) is 71.1 Å². The summed E-state index contributed by atoms with van der Waals surface area (Å²) in [6.07, 6.45) is 3.24. The lowest BCUT2D eigenvalue weighted by Crippen LogP contribution is -2.64. The normalized spacial score (nSPS) is 23.8. The lowest BCUT2D eigenvalue weighted by Gasteiger charge is -2.39. The van der Waals surface area contributed by atoms with Crippen LogP contribution in [0.25, 0.3) is 0 Å². The van der Waals surface area contributed by atoms with Crippen LogP contribution in [0, 0.1) is 22.7 Å². The van der Waals surface area contributed by atoms with E-state index < -0.39 is 65.1 Å². The Balaban J connectivity index is 1.49. The summed E-state index contributed by atoms with van der Waals surface area (Å²) in [5, 5.41) is 8.15. The van der Waals surface area contributed by atoms with Crippen LogP contribution < -0.4 is 21.7 Å². The molecule has 3 aliphatic rings. The number of carbonyl (C=O) groups excluding carboxylic acids is 6. The van der Waals surface area contributed by atoms with Crippen molar-refractivity contribution in [3.8, 4) is 0 Å². The zero-order valence-electron chi connectivity index (χ0n) is 26.2. The molecule has 2 saturated carbocycles. The van der Waals surface area contributed by atoms with E-state index in [4.69, 9.17) is 10.5 Å². The van der Waals surface area contributed by atoms with Gasteiger partial charge < -0.3 is 31.3 Å². The first-order valence-electron chi connectivity index (χ1n) is 15.3. The molecule has 2 aliphatic carbocycles. The number of likely N-dealkylation sites (tertiary alicyclic amines) is 1.